The number of carbonyl (C=O) groups excluding carboxylic acids is 2. The van der Waals surface area contributed by atoms with Crippen LogP contribution in [0.25, 0.3) is 0 Å². The third-order valence-corrected chi connectivity index (χ3v) is 3.49. The van der Waals surface area contributed by atoms with Crippen LogP contribution in [0.2, 0.25) is 0 Å². The number of unbranched alkanes of at least 4 members (excludes halogenated alkanes) is 5. The lowest BCUT2D eigenvalue weighted by atomic mass is 9.92. The zero-order chi connectivity index (χ0) is 15.2. The number of hydrogen-bond acceptors (Lipinski definition) is 4. The van der Waals surface area contributed by atoms with Crippen LogP contribution in [0.1, 0.15) is 72.1 Å². The first-order valence-corrected chi connectivity index (χ1v) is 7.56. The minimum Gasteiger partial charge on any atom is -0.511 e. The quantitative estimate of drug-likeness (QED) is 0.253. The molecule has 0 bridgehead atoms. The third kappa shape index (κ3) is 4.99. The first-order valence-electron chi connectivity index (χ1n) is 7.56. The van der Waals surface area contributed by atoms with Crippen molar-refractivity contribution in [1.82, 2.24) is 0 Å². The summed E-state index contributed by atoms with van der Waals surface area (Å²) in [6.45, 7) is 5.56. The van der Waals surface area contributed by atoms with Gasteiger partial charge in [-0.2, -0.15) is 0 Å². The molecule has 0 aromatic carbocycles. The fourth-order valence-electron chi connectivity index (χ4n) is 2.40. The van der Waals surface area contributed by atoms with Crippen molar-refractivity contribution in [2.45, 2.75) is 77.7 Å². The van der Waals surface area contributed by atoms with Gasteiger partial charge < -0.3 is 9.84 Å². The van der Waals surface area contributed by atoms with E-state index in [9.17, 15) is 14.7 Å². The summed E-state index contributed by atoms with van der Waals surface area (Å²) in [7, 11) is 0. The van der Waals surface area contributed by atoms with E-state index in [0.29, 0.717) is 6.42 Å². The molecule has 1 heterocycles. The molecule has 1 fully saturated rings. The monoisotopic (exact) mass is 282 g/mol. The number of cyclic esters (lactones) is 1. The lowest BCUT2D eigenvalue weighted by molar-refractivity contribution is -0.159. The van der Waals surface area contributed by atoms with E-state index >= 15 is 0 Å². The lowest BCUT2D eigenvalue weighted by Crippen LogP contribution is -2.39. The van der Waals surface area contributed by atoms with Crippen molar-refractivity contribution in [3.8, 4) is 0 Å². The van der Waals surface area contributed by atoms with E-state index < -0.39 is 11.6 Å². The molecule has 0 aliphatic carbocycles. The molecular weight excluding hydrogens is 256 g/mol. The average molecular weight is 282 g/mol. The lowest BCUT2D eigenvalue weighted by Gasteiger charge is -2.29. The summed E-state index contributed by atoms with van der Waals surface area (Å²) in [5.41, 5.74) is -0.907. The van der Waals surface area contributed by atoms with Gasteiger partial charge in [-0.3, -0.25) is 4.79 Å². The molecule has 0 aromatic rings. The van der Waals surface area contributed by atoms with Gasteiger partial charge in [-0.25, -0.2) is 4.79 Å². The second-order valence-electron chi connectivity index (χ2n) is 6.09. The van der Waals surface area contributed by atoms with Gasteiger partial charge in [-0.15, -0.1) is 0 Å². The Hall–Kier alpha value is -1.32. The summed E-state index contributed by atoms with van der Waals surface area (Å²) in [4.78, 5) is 23.7. The Kier molecular flexibility index (Phi) is 6.24. The van der Waals surface area contributed by atoms with Crippen molar-refractivity contribution in [2.75, 3.05) is 0 Å². The van der Waals surface area contributed by atoms with Gasteiger partial charge >= 0.3 is 5.97 Å². The Morgan fingerprint density at radius 1 is 1.15 bits per heavy atom. The highest BCUT2D eigenvalue weighted by atomic mass is 16.6. The summed E-state index contributed by atoms with van der Waals surface area (Å²) in [6, 6.07) is 0. The third-order valence-electron chi connectivity index (χ3n) is 3.49. The summed E-state index contributed by atoms with van der Waals surface area (Å²) in [5, 5.41) is 9.95. The number of aliphatic hydroxyl groups excluding tert-OH is 1. The van der Waals surface area contributed by atoms with E-state index in [1.54, 1.807) is 13.8 Å². The van der Waals surface area contributed by atoms with Crippen LogP contribution in [0.5, 0.6) is 0 Å². The highest BCUT2D eigenvalue weighted by Crippen LogP contribution is 2.27. The summed E-state index contributed by atoms with van der Waals surface area (Å²) < 4.78 is 5.16. The van der Waals surface area contributed by atoms with E-state index in [1.165, 1.54) is 19.3 Å². The van der Waals surface area contributed by atoms with Crippen molar-refractivity contribution in [3.05, 3.63) is 11.3 Å². The minimum absolute atomic E-state index is 0.106. The normalized spacial score (nSPS) is 20.8. The predicted octanol–water partition coefficient (Wildman–Crippen LogP) is 3.84. The second-order valence-corrected chi connectivity index (χ2v) is 6.09. The van der Waals surface area contributed by atoms with E-state index in [0.717, 1.165) is 19.3 Å². The molecule has 1 aliphatic rings. The molecule has 1 aliphatic heterocycles. The van der Waals surface area contributed by atoms with Crippen LogP contribution >= 0.6 is 0 Å². The SMILES string of the molecule is CCCCCCCCC(O)=C1C(=O)CC(C)(C)OC1=O. The van der Waals surface area contributed by atoms with E-state index in [1.807, 2.05) is 0 Å². The molecule has 20 heavy (non-hydrogen) atoms. The smallest absolute Gasteiger partial charge is 0.345 e. The molecule has 0 atom stereocenters. The maximum Gasteiger partial charge on any atom is 0.345 e. The number of allylic oxidation sites excluding steroid dienone is 1. The number of ketones is 1. The Bertz CT molecular complexity index is 371. The molecular formula is C16H26O4. The molecule has 4 heteroatoms. The number of esters is 1. The van der Waals surface area contributed by atoms with Crippen molar-refractivity contribution in [2.24, 2.45) is 0 Å². The Morgan fingerprint density at radius 3 is 2.35 bits per heavy atom. The predicted molar refractivity (Wildman–Crippen MR) is 77.4 cm³/mol. The number of carbonyl (C=O) groups is 2. The number of ether oxygens (including phenoxy) is 1. The summed E-state index contributed by atoms with van der Waals surface area (Å²) in [5.74, 6) is -1.10. The van der Waals surface area contributed by atoms with Crippen LogP contribution in [0.15, 0.2) is 11.3 Å². The fourth-order valence-corrected chi connectivity index (χ4v) is 2.40. The molecule has 4 nitrogen and oxygen atoms in total. The average Bonchev–Trinajstić information content (AvgIpc) is 2.31. The van der Waals surface area contributed by atoms with Gasteiger partial charge in [0.05, 0.1) is 6.42 Å². The molecule has 0 unspecified atom stereocenters. The highest BCUT2D eigenvalue weighted by Gasteiger charge is 2.39. The van der Waals surface area contributed by atoms with Crippen molar-refractivity contribution in [3.63, 3.8) is 0 Å². The van der Waals surface area contributed by atoms with Crippen molar-refractivity contribution in [1.29, 1.82) is 0 Å². The van der Waals surface area contributed by atoms with Crippen molar-refractivity contribution < 1.29 is 19.4 Å². The molecule has 1 rings (SSSR count). The first kappa shape index (κ1) is 16.7. The van der Waals surface area contributed by atoms with E-state index in [-0.39, 0.29) is 23.5 Å². The second kappa shape index (κ2) is 7.46. The van der Waals surface area contributed by atoms with Gasteiger partial charge in [-0.1, -0.05) is 39.0 Å². The number of aliphatic hydroxyl groups is 1. The molecule has 0 aromatic heterocycles. The van der Waals surface area contributed by atoms with Crippen LogP contribution in [-0.4, -0.2) is 22.5 Å². The van der Waals surface area contributed by atoms with Gasteiger partial charge in [0.2, 0.25) is 0 Å². The maximum atomic E-state index is 11.9. The van der Waals surface area contributed by atoms with Gasteiger partial charge in [0.25, 0.3) is 0 Å². The van der Waals surface area contributed by atoms with Gasteiger partial charge in [0, 0.05) is 6.42 Å². The zero-order valence-corrected chi connectivity index (χ0v) is 12.8. The van der Waals surface area contributed by atoms with Crippen LogP contribution in [-0.2, 0) is 14.3 Å². The Labute approximate surface area is 121 Å². The van der Waals surface area contributed by atoms with E-state index in [2.05, 4.69) is 6.92 Å². The van der Waals surface area contributed by atoms with Gasteiger partial charge in [0.15, 0.2) is 5.78 Å². The highest BCUT2D eigenvalue weighted by molar-refractivity contribution is 6.19. The molecule has 0 saturated carbocycles. The molecule has 114 valence electrons. The maximum absolute atomic E-state index is 11.9. The zero-order valence-electron chi connectivity index (χ0n) is 12.8. The van der Waals surface area contributed by atoms with Gasteiger partial charge in [-0.05, 0) is 20.3 Å². The molecule has 1 saturated heterocycles. The topological polar surface area (TPSA) is 63.6 Å². The van der Waals surface area contributed by atoms with Crippen LogP contribution < -0.4 is 0 Å². The summed E-state index contributed by atoms with van der Waals surface area (Å²) in [6.07, 6.45) is 7.07. The van der Waals surface area contributed by atoms with Crippen LogP contribution in [0.3, 0.4) is 0 Å². The van der Waals surface area contributed by atoms with Crippen LogP contribution in [0, 0.1) is 0 Å². The van der Waals surface area contributed by atoms with Gasteiger partial charge in [0.1, 0.15) is 16.9 Å². The number of rotatable bonds is 7. The van der Waals surface area contributed by atoms with E-state index in [4.69, 9.17) is 4.74 Å². The van der Waals surface area contributed by atoms with Crippen LogP contribution in [0.4, 0.5) is 0 Å². The fraction of sp³-hybridized carbons (Fsp3) is 0.750. The number of Topliss-reactive ketones (excluding diaryl/α,β-unsaturated/α-hetero) is 1. The number of hydrogen-bond donors (Lipinski definition) is 1. The molecule has 0 radical (unpaired) electrons. The minimum atomic E-state index is -0.766. The van der Waals surface area contributed by atoms with Crippen molar-refractivity contribution >= 4 is 11.8 Å². The molecule has 0 amide bonds. The molecule has 0 spiro atoms. The summed E-state index contributed by atoms with van der Waals surface area (Å²) >= 11 is 0. The molecule has 1 N–H and O–H groups in total. The standard InChI is InChI=1S/C16H26O4/c1-4-5-6-7-8-9-10-12(17)14-13(18)11-16(2,3)20-15(14)19/h17H,4-11H2,1-3H3. The Balaban J connectivity index is 2.49. The Morgan fingerprint density at radius 2 is 1.75 bits per heavy atom. The first-order chi connectivity index (χ1) is 9.37. The largest absolute Gasteiger partial charge is 0.511 e.